The monoisotopic (exact) mass is 263 g/mol. The van der Waals surface area contributed by atoms with Gasteiger partial charge in [-0.15, -0.1) is 0 Å². The van der Waals surface area contributed by atoms with Crippen molar-refractivity contribution in [1.82, 2.24) is 5.32 Å². The maximum Gasteiger partial charge on any atom is 0.0281 e. The number of aryl methyl sites for hydroxylation is 1. The Bertz CT molecular complexity index is 352. The Morgan fingerprint density at radius 3 is 2.28 bits per heavy atom. The van der Waals surface area contributed by atoms with Crippen molar-refractivity contribution >= 4 is 11.8 Å². The van der Waals surface area contributed by atoms with Gasteiger partial charge in [-0.05, 0) is 36.6 Å². The van der Waals surface area contributed by atoms with E-state index in [4.69, 9.17) is 0 Å². The Morgan fingerprint density at radius 2 is 1.72 bits per heavy atom. The van der Waals surface area contributed by atoms with Crippen LogP contribution in [0.3, 0.4) is 0 Å². The van der Waals surface area contributed by atoms with Crippen LogP contribution in [0.5, 0.6) is 0 Å². The molecule has 0 unspecified atom stereocenters. The van der Waals surface area contributed by atoms with Crippen LogP contribution in [-0.4, -0.2) is 17.5 Å². The Morgan fingerprint density at radius 1 is 1.11 bits per heavy atom. The van der Waals surface area contributed by atoms with Crippen molar-refractivity contribution in [3.8, 4) is 0 Å². The van der Waals surface area contributed by atoms with Gasteiger partial charge in [-0.3, -0.25) is 0 Å². The van der Waals surface area contributed by atoms with E-state index in [0.717, 1.165) is 19.5 Å². The fourth-order valence-corrected chi connectivity index (χ4v) is 3.74. The van der Waals surface area contributed by atoms with Crippen LogP contribution in [-0.2, 0) is 13.0 Å². The zero-order valence-corrected chi connectivity index (χ0v) is 12.5. The second-order valence-electron chi connectivity index (χ2n) is 5.37. The molecule has 0 amide bonds. The lowest BCUT2D eigenvalue weighted by Crippen LogP contribution is -2.34. The van der Waals surface area contributed by atoms with Crippen LogP contribution in [0.4, 0.5) is 0 Å². The van der Waals surface area contributed by atoms with Crippen LogP contribution in [0, 0.1) is 0 Å². The van der Waals surface area contributed by atoms with Gasteiger partial charge >= 0.3 is 0 Å². The highest BCUT2D eigenvalue weighted by atomic mass is 32.2. The SMILES string of the molecule is CCc1ccc(CNCC2(SC)CCCC2)cc1. The predicted octanol–water partition coefficient (Wildman–Crippen LogP) is 4.01. The van der Waals surface area contributed by atoms with Crippen LogP contribution in [0.1, 0.15) is 43.7 Å². The normalized spacial score (nSPS) is 18.1. The molecular formula is C16H25NS. The van der Waals surface area contributed by atoms with E-state index in [1.165, 1.54) is 36.8 Å². The fourth-order valence-electron chi connectivity index (χ4n) is 2.80. The molecule has 1 nitrogen and oxygen atoms in total. The molecule has 0 aliphatic heterocycles. The molecule has 0 spiro atoms. The van der Waals surface area contributed by atoms with Crippen LogP contribution < -0.4 is 5.32 Å². The third kappa shape index (κ3) is 3.52. The van der Waals surface area contributed by atoms with E-state index >= 15 is 0 Å². The average Bonchev–Trinajstić information content (AvgIpc) is 2.89. The third-order valence-corrected chi connectivity index (χ3v) is 5.57. The highest BCUT2D eigenvalue weighted by molar-refractivity contribution is 8.00. The van der Waals surface area contributed by atoms with Crippen molar-refractivity contribution < 1.29 is 0 Å². The highest BCUT2D eigenvalue weighted by Gasteiger charge is 2.32. The summed E-state index contributed by atoms with van der Waals surface area (Å²) in [6, 6.07) is 9.01. The molecule has 1 aliphatic carbocycles. The maximum absolute atomic E-state index is 3.65. The molecule has 1 aromatic carbocycles. The largest absolute Gasteiger partial charge is 0.311 e. The van der Waals surface area contributed by atoms with Gasteiger partial charge in [-0.25, -0.2) is 0 Å². The summed E-state index contributed by atoms with van der Waals surface area (Å²) in [5, 5.41) is 3.65. The van der Waals surface area contributed by atoms with Crippen LogP contribution in [0.2, 0.25) is 0 Å². The number of hydrogen-bond donors (Lipinski definition) is 1. The molecule has 0 heterocycles. The van der Waals surface area contributed by atoms with Gasteiger partial charge in [0.25, 0.3) is 0 Å². The van der Waals surface area contributed by atoms with Gasteiger partial charge in [0.2, 0.25) is 0 Å². The lowest BCUT2D eigenvalue weighted by Gasteiger charge is -2.27. The van der Waals surface area contributed by atoms with E-state index in [-0.39, 0.29) is 0 Å². The molecule has 0 atom stereocenters. The molecule has 0 aromatic heterocycles. The Kier molecular flexibility index (Phi) is 5.13. The number of thioether (sulfide) groups is 1. The minimum absolute atomic E-state index is 0.517. The summed E-state index contributed by atoms with van der Waals surface area (Å²) in [7, 11) is 0. The first-order valence-corrected chi connectivity index (χ1v) is 8.34. The first kappa shape index (κ1) is 14.0. The van der Waals surface area contributed by atoms with E-state index in [1.54, 1.807) is 0 Å². The van der Waals surface area contributed by atoms with E-state index in [1.807, 2.05) is 0 Å². The Balaban J connectivity index is 1.80. The van der Waals surface area contributed by atoms with E-state index in [0.29, 0.717) is 4.75 Å². The second-order valence-corrected chi connectivity index (χ2v) is 6.64. The molecule has 1 N–H and O–H groups in total. The van der Waals surface area contributed by atoms with Crippen LogP contribution >= 0.6 is 11.8 Å². The van der Waals surface area contributed by atoms with Gasteiger partial charge < -0.3 is 5.32 Å². The molecule has 1 aromatic rings. The number of benzene rings is 1. The molecule has 1 aliphatic rings. The van der Waals surface area contributed by atoms with Gasteiger partial charge in [0.15, 0.2) is 0 Å². The zero-order valence-electron chi connectivity index (χ0n) is 11.7. The number of rotatable bonds is 6. The van der Waals surface area contributed by atoms with Crippen LogP contribution in [0.15, 0.2) is 24.3 Å². The maximum atomic E-state index is 3.65. The predicted molar refractivity (Wildman–Crippen MR) is 82.2 cm³/mol. The summed E-state index contributed by atoms with van der Waals surface area (Å²) in [6.07, 6.45) is 8.99. The topological polar surface area (TPSA) is 12.0 Å². The van der Waals surface area contributed by atoms with Crippen molar-refractivity contribution in [2.45, 2.75) is 50.3 Å². The van der Waals surface area contributed by atoms with E-state index < -0.39 is 0 Å². The molecule has 2 heteroatoms. The van der Waals surface area contributed by atoms with Crippen LogP contribution in [0.25, 0.3) is 0 Å². The summed E-state index contributed by atoms with van der Waals surface area (Å²) in [5.74, 6) is 0. The molecule has 0 radical (unpaired) electrons. The Labute approximate surface area is 116 Å². The van der Waals surface area contributed by atoms with E-state index in [9.17, 15) is 0 Å². The molecular weight excluding hydrogens is 238 g/mol. The molecule has 1 saturated carbocycles. The minimum atomic E-state index is 0.517. The fraction of sp³-hybridized carbons (Fsp3) is 0.625. The third-order valence-electron chi connectivity index (χ3n) is 4.16. The summed E-state index contributed by atoms with van der Waals surface area (Å²) in [5.41, 5.74) is 2.83. The number of nitrogens with one attached hydrogen (secondary N) is 1. The lowest BCUT2D eigenvalue weighted by atomic mass is 10.1. The van der Waals surface area contributed by atoms with Crippen molar-refractivity contribution in [3.63, 3.8) is 0 Å². The minimum Gasteiger partial charge on any atom is -0.311 e. The van der Waals surface area contributed by atoms with Crippen molar-refractivity contribution in [2.75, 3.05) is 12.8 Å². The molecule has 0 bridgehead atoms. The van der Waals surface area contributed by atoms with Crippen molar-refractivity contribution in [1.29, 1.82) is 0 Å². The quantitative estimate of drug-likeness (QED) is 0.832. The summed E-state index contributed by atoms with van der Waals surface area (Å²) in [4.78, 5) is 0. The molecule has 2 rings (SSSR count). The highest BCUT2D eigenvalue weighted by Crippen LogP contribution is 2.39. The number of hydrogen-bond acceptors (Lipinski definition) is 2. The van der Waals surface area contributed by atoms with Gasteiger partial charge in [0, 0.05) is 17.8 Å². The smallest absolute Gasteiger partial charge is 0.0281 e. The zero-order chi connectivity index (χ0) is 12.8. The Hall–Kier alpha value is -0.470. The summed E-state index contributed by atoms with van der Waals surface area (Å²) in [6.45, 7) is 4.37. The molecule has 100 valence electrons. The first-order valence-electron chi connectivity index (χ1n) is 7.12. The van der Waals surface area contributed by atoms with E-state index in [2.05, 4.69) is 54.5 Å². The van der Waals surface area contributed by atoms with Gasteiger partial charge in [0.1, 0.15) is 0 Å². The lowest BCUT2D eigenvalue weighted by molar-refractivity contribution is 0.534. The molecule has 0 saturated heterocycles. The standard InChI is InChI=1S/C16H25NS/c1-3-14-6-8-15(9-7-14)12-17-13-16(18-2)10-4-5-11-16/h6-9,17H,3-5,10-13H2,1-2H3. The summed E-state index contributed by atoms with van der Waals surface area (Å²) < 4.78 is 0.517. The first-order chi connectivity index (χ1) is 8.78. The summed E-state index contributed by atoms with van der Waals surface area (Å²) >= 11 is 2.06. The van der Waals surface area contributed by atoms with Gasteiger partial charge in [0.05, 0.1) is 0 Å². The van der Waals surface area contributed by atoms with Crippen molar-refractivity contribution in [2.24, 2.45) is 0 Å². The average molecular weight is 263 g/mol. The van der Waals surface area contributed by atoms with Gasteiger partial charge in [-0.1, -0.05) is 44.0 Å². The molecule has 18 heavy (non-hydrogen) atoms. The van der Waals surface area contributed by atoms with Gasteiger partial charge in [-0.2, -0.15) is 11.8 Å². The van der Waals surface area contributed by atoms with Crippen molar-refractivity contribution in [3.05, 3.63) is 35.4 Å². The second kappa shape index (κ2) is 6.63. The molecule has 1 fully saturated rings.